The van der Waals surface area contributed by atoms with Gasteiger partial charge in [0.05, 0.1) is 17.2 Å². The van der Waals surface area contributed by atoms with E-state index in [1.165, 1.54) is 11.1 Å². The van der Waals surface area contributed by atoms with Gasteiger partial charge in [-0.2, -0.15) is 0 Å². The van der Waals surface area contributed by atoms with Gasteiger partial charge in [0.2, 0.25) is 0 Å². The second-order valence-electron chi connectivity index (χ2n) is 5.38. The molecule has 2 aromatic heterocycles. The van der Waals surface area contributed by atoms with Gasteiger partial charge in [-0.05, 0) is 38.3 Å². The molecule has 20 heavy (non-hydrogen) atoms. The molecule has 5 heteroatoms. The summed E-state index contributed by atoms with van der Waals surface area (Å²) in [7, 11) is 2.05. The Morgan fingerprint density at radius 3 is 2.70 bits per heavy atom. The lowest BCUT2D eigenvalue weighted by Crippen LogP contribution is -2.20. The Bertz CT molecular complexity index is 577. The number of nitrogens with zero attached hydrogens (tertiary/aromatic N) is 3. The summed E-state index contributed by atoms with van der Waals surface area (Å²) in [6.45, 7) is 6.92. The highest BCUT2D eigenvalue weighted by atomic mass is 32.1. The lowest BCUT2D eigenvalue weighted by Gasteiger charge is -2.20. The van der Waals surface area contributed by atoms with E-state index >= 15 is 0 Å². The highest BCUT2D eigenvalue weighted by Gasteiger charge is 2.10. The molecule has 1 atom stereocenters. The molecule has 0 fully saturated rings. The number of pyridine rings is 1. The number of thiazole rings is 1. The summed E-state index contributed by atoms with van der Waals surface area (Å²) in [6, 6.07) is 2.34. The van der Waals surface area contributed by atoms with Crippen molar-refractivity contribution < 1.29 is 0 Å². The van der Waals surface area contributed by atoms with Crippen LogP contribution in [0.2, 0.25) is 0 Å². The first-order valence-corrected chi connectivity index (χ1v) is 7.67. The van der Waals surface area contributed by atoms with Gasteiger partial charge in [-0.25, -0.2) is 9.97 Å². The van der Waals surface area contributed by atoms with Crippen LogP contribution in [0.1, 0.15) is 28.8 Å². The lowest BCUT2D eigenvalue weighted by atomic mass is 10.1. The molecule has 2 N–H and O–H groups in total. The van der Waals surface area contributed by atoms with Crippen LogP contribution in [0.5, 0.6) is 0 Å². The molecule has 1 unspecified atom stereocenters. The molecule has 0 radical (unpaired) electrons. The molecule has 0 aliphatic carbocycles. The van der Waals surface area contributed by atoms with Crippen LogP contribution in [-0.4, -0.2) is 23.1 Å². The van der Waals surface area contributed by atoms with Gasteiger partial charge in [-0.15, -0.1) is 11.3 Å². The second-order valence-corrected chi connectivity index (χ2v) is 6.44. The summed E-state index contributed by atoms with van der Waals surface area (Å²) in [5.74, 6) is 1.00. The number of hydrogen-bond donors (Lipinski definition) is 1. The molecule has 4 nitrogen and oxygen atoms in total. The minimum absolute atomic E-state index is 0.165. The average Bonchev–Trinajstić information content (AvgIpc) is 2.73. The van der Waals surface area contributed by atoms with Crippen LogP contribution in [0.3, 0.4) is 0 Å². The Morgan fingerprint density at radius 2 is 2.15 bits per heavy atom. The van der Waals surface area contributed by atoms with Crippen molar-refractivity contribution in [2.75, 3.05) is 11.9 Å². The SMILES string of the molecule is Cc1nc(CN(C)c2ncc(CC(C)N)cc2C)cs1. The number of aromatic nitrogens is 2. The molecule has 0 aromatic carbocycles. The van der Waals surface area contributed by atoms with Crippen molar-refractivity contribution in [2.45, 2.75) is 39.8 Å². The molecule has 108 valence electrons. The highest BCUT2D eigenvalue weighted by molar-refractivity contribution is 7.09. The maximum atomic E-state index is 5.83. The third-order valence-electron chi connectivity index (χ3n) is 3.09. The van der Waals surface area contributed by atoms with Crippen LogP contribution in [0.4, 0.5) is 5.82 Å². The summed E-state index contributed by atoms with van der Waals surface area (Å²) >= 11 is 1.68. The molecule has 0 saturated heterocycles. The lowest BCUT2D eigenvalue weighted by molar-refractivity contribution is 0.734. The normalized spacial score (nSPS) is 12.4. The third-order valence-corrected chi connectivity index (χ3v) is 3.91. The largest absolute Gasteiger partial charge is 0.354 e. The Hall–Kier alpha value is -1.46. The standard InChI is InChI=1S/C15H22N4S/c1-10-5-13(6-11(2)16)7-17-15(10)19(4)8-14-9-20-12(3)18-14/h5,7,9,11H,6,8,16H2,1-4H3. The van der Waals surface area contributed by atoms with Gasteiger partial charge in [-0.1, -0.05) is 6.07 Å². The van der Waals surface area contributed by atoms with E-state index in [1.807, 2.05) is 20.0 Å². The van der Waals surface area contributed by atoms with E-state index in [4.69, 9.17) is 5.73 Å². The van der Waals surface area contributed by atoms with Crippen molar-refractivity contribution in [3.05, 3.63) is 39.5 Å². The zero-order chi connectivity index (χ0) is 14.7. The fraction of sp³-hybridized carbons (Fsp3) is 0.467. The fourth-order valence-corrected chi connectivity index (χ4v) is 2.91. The van der Waals surface area contributed by atoms with E-state index in [1.54, 1.807) is 11.3 Å². The third kappa shape index (κ3) is 3.77. The van der Waals surface area contributed by atoms with Crippen molar-refractivity contribution in [1.82, 2.24) is 9.97 Å². The van der Waals surface area contributed by atoms with E-state index in [9.17, 15) is 0 Å². The summed E-state index contributed by atoms with van der Waals surface area (Å²) in [5.41, 5.74) is 9.30. The van der Waals surface area contributed by atoms with Crippen LogP contribution >= 0.6 is 11.3 Å². The van der Waals surface area contributed by atoms with Crippen molar-refractivity contribution in [3.63, 3.8) is 0 Å². The number of hydrogen-bond acceptors (Lipinski definition) is 5. The molecule has 0 saturated carbocycles. The van der Waals surface area contributed by atoms with E-state index in [2.05, 4.69) is 40.3 Å². The highest BCUT2D eigenvalue weighted by Crippen LogP contribution is 2.20. The van der Waals surface area contributed by atoms with Gasteiger partial charge >= 0.3 is 0 Å². The van der Waals surface area contributed by atoms with Crippen LogP contribution in [0.15, 0.2) is 17.6 Å². The van der Waals surface area contributed by atoms with Gasteiger partial charge in [-0.3, -0.25) is 0 Å². The minimum Gasteiger partial charge on any atom is -0.354 e. The zero-order valence-corrected chi connectivity index (χ0v) is 13.4. The van der Waals surface area contributed by atoms with Crippen molar-refractivity contribution in [3.8, 4) is 0 Å². The van der Waals surface area contributed by atoms with Crippen molar-refractivity contribution in [2.24, 2.45) is 5.73 Å². The molecular weight excluding hydrogens is 268 g/mol. The monoisotopic (exact) mass is 290 g/mol. The van der Waals surface area contributed by atoms with Crippen molar-refractivity contribution in [1.29, 1.82) is 0 Å². The number of nitrogens with two attached hydrogens (primary N) is 1. The molecule has 0 bridgehead atoms. The Kier molecular flexibility index (Phi) is 4.73. The summed E-state index contributed by atoms with van der Waals surface area (Å²) in [6.07, 6.45) is 2.79. The van der Waals surface area contributed by atoms with Gasteiger partial charge in [0.25, 0.3) is 0 Å². The van der Waals surface area contributed by atoms with E-state index in [-0.39, 0.29) is 6.04 Å². The predicted molar refractivity (Wildman–Crippen MR) is 85.3 cm³/mol. The molecule has 0 amide bonds. The zero-order valence-electron chi connectivity index (χ0n) is 12.6. The molecule has 2 heterocycles. The van der Waals surface area contributed by atoms with Gasteiger partial charge in [0, 0.05) is 24.7 Å². The van der Waals surface area contributed by atoms with Gasteiger partial charge in [0.15, 0.2) is 0 Å². The predicted octanol–water partition coefficient (Wildman–Crippen LogP) is 2.68. The number of rotatable bonds is 5. The van der Waals surface area contributed by atoms with E-state index in [0.29, 0.717) is 0 Å². The topological polar surface area (TPSA) is 55.0 Å². The first kappa shape index (κ1) is 14.9. The van der Waals surface area contributed by atoms with E-state index in [0.717, 1.165) is 29.5 Å². The molecule has 2 rings (SSSR count). The quantitative estimate of drug-likeness (QED) is 0.920. The molecule has 0 aliphatic heterocycles. The minimum atomic E-state index is 0.165. The first-order valence-electron chi connectivity index (χ1n) is 6.79. The maximum Gasteiger partial charge on any atom is 0.131 e. The summed E-state index contributed by atoms with van der Waals surface area (Å²) in [5, 5.41) is 3.21. The molecule has 0 spiro atoms. The maximum absolute atomic E-state index is 5.83. The summed E-state index contributed by atoms with van der Waals surface area (Å²) in [4.78, 5) is 11.2. The number of anilines is 1. The smallest absolute Gasteiger partial charge is 0.131 e. The second kappa shape index (κ2) is 6.33. The van der Waals surface area contributed by atoms with Gasteiger partial charge < -0.3 is 10.6 Å². The van der Waals surface area contributed by atoms with Crippen LogP contribution in [-0.2, 0) is 13.0 Å². The summed E-state index contributed by atoms with van der Waals surface area (Å²) < 4.78 is 0. The molecule has 2 aromatic rings. The van der Waals surface area contributed by atoms with Crippen LogP contribution < -0.4 is 10.6 Å². The van der Waals surface area contributed by atoms with Crippen LogP contribution in [0.25, 0.3) is 0 Å². The van der Waals surface area contributed by atoms with Crippen molar-refractivity contribution >= 4 is 17.2 Å². The molecular formula is C15H22N4S. The molecule has 0 aliphatic rings. The Labute approximate surface area is 124 Å². The number of aryl methyl sites for hydroxylation is 2. The Morgan fingerprint density at radius 1 is 1.40 bits per heavy atom. The first-order chi connectivity index (χ1) is 9.45. The fourth-order valence-electron chi connectivity index (χ4n) is 2.31. The van der Waals surface area contributed by atoms with Crippen LogP contribution in [0, 0.1) is 13.8 Å². The van der Waals surface area contributed by atoms with Gasteiger partial charge in [0.1, 0.15) is 5.82 Å². The van der Waals surface area contributed by atoms with E-state index < -0.39 is 0 Å². The Balaban J connectivity index is 2.11. The average molecular weight is 290 g/mol.